The van der Waals surface area contributed by atoms with E-state index in [9.17, 15) is 0 Å². The average molecular weight is 811 g/mol. The van der Waals surface area contributed by atoms with Crippen molar-refractivity contribution >= 4 is 38.9 Å². The number of rotatable bonds is 6. The van der Waals surface area contributed by atoms with E-state index in [0.717, 1.165) is 17.1 Å². The molecule has 0 saturated heterocycles. The lowest BCUT2D eigenvalue weighted by Crippen LogP contribution is -2.16. The molecule has 1 heterocycles. The third-order valence-corrected chi connectivity index (χ3v) is 14.0. The first kappa shape index (κ1) is 38.5. The first-order valence-corrected chi connectivity index (χ1v) is 21.9. The summed E-state index contributed by atoms with van der Waals surface area (Å²) in [6.07, 6.45) is 0. The lowest BCUT2D eigenvalue weighted by molar-refractivity contribution is 0.660. The minimum absolute atomic E-state index is 0. The Morgan fingerprint density at radius 2 is 0.841 bits per heavy atom. The van der Waals surface area contributed by atoms with Crippen LogP contribution in [0.3, 0.4) is 0 Å². The van der Waals surface area contributed by atoms with Crippen LogP contribution in [0, 0.1) is 0 Å². The van der Waals surface area contributed by atoms with E-state index in [1.165, 1.54) is 94.3 Å². The van der Waals surface area contributed by atoms with Crippen LogP contribution in [0.1, 0.15) is 57.4 Å². The van der Waals surface area contributed by atoms with E-state index in [1.807, 2.05) is 0 Å². The SMILES string of the molecule is C.CC1(C)c2ccccc2-c2c(-c3cccc(N(c4ccccc4-c4ccc(-n5c6ccccc6c6ccccc65)cc4)c4cccc5c4-c4ccccc4C5(C)C)c3)cccc21. The first-order chi connectivity index (χ1) is 30.3. The molecule has 12 rings (SSSR count). The van der Waals surface area contributed by atoms with Crippen molar-refractivity contribution in [3.05, 3.63) is 229 Å². The molecule has 9 aromatic carbocycles. The van der Waals surface area contributed by atoms with Gasteiger partial charge in [0.25, 0.3) is 0 Å². The maximum atomic E-state index is 2.53. The average Bonchev–Trinajstić information content (AvgIpc) is 3.87. The fourth-order valence-electron chi connectivity index (χ4n) is 11.0. The van der Waals surface area contributed by atoms with Gasteiger partial charge in [0, 0.05) is 44.1 Å². The Balaban J connectivity index is 0.00000444. The van der Waals surface area contributed by atoms with E-state index in [0.29, 0.717) is 0 Å². The zero-order valence-electron chi connectivity index (χ0n) is 35.5. The van der Waals surface area contributed by atoms with Gasteiger partial charge in [-0.3, -0.25) is 0 Å². The third-order valence-electron chi connectivity index (χ3n) is 14.0. The van der Waals surface area contributed by atoms with Crippen LogP contribution < -0.4 is 4.90 Å². The van der Waals surface area contributed by atoms with Gasteiger partial charge < -0.3 is 9.47 Å². The Hall–Kier alpha value is -7.42. The quantitative estimate of drug-likeness (QED) is 0.162. The van der Waals surface area contributed by atoms with E-state index in [2.05, 4.69) is 243 Å². The molecule has 0 bridgehead atoms. The van der Waals surface area contributed by atoms with Gasteiger partial charge in [0.1, 0.15) is 0 Å². The summed E-state index contributed by atoms with van der Waals surface area (Å²) in [5.41, 5.74) is 22.4. The molecule has 2 nitrogen and oxygen atoms in total. The Labute approximate surface area is 371 Å². The highest BCUT2D eigenvalue weighted by Crippen LogP contribution is 2.56. The number of fused-ring (bicyclic) bond motifs is 9. The topological polar surface area (TPSA) is 8.17 Å². The zero-order chi connectivity index (χ0) is 41.7. The van der Waals surface area contributed by atoms with Crippen molar-refractivity contribution in [2.45, 2.75) is 46.0 Å². The molecular weight excluding hydrogens is 761 g/mol. The fourth-order valence-corrected chi connectivity index (χ4v) is 11.0. The van der Waals surface area contributed by atoms with Crippen LogP contribution in [0.15, 0.2) is 206 Å². The molecule has 304 valence electrons. The Bertz CT molecular complexity index is 3360. The monoisotopic (exact) mass is 810 g/mol. The van der Waals surface area contributed by atoms with Gasteiger partial charge in [-0.1, -0.05) is 193 Å². The molecule has 2 aliphatic carbocycles. The molecule has 0 fully saturated rings. The molecule has 63 heavy (non-hydrogen) atoms. The summed E-state index contributed by atoms with van der Waals surface area (Å²) in [4.78, 5) is 2.53. The molecule has 0 spiro atoms. The molecular formula is C61H50N2. The number of nitrogens with zero attached hydrogens (tertiary/aromatic N) is 2. The van der Waals surface area contributed by atoms with Crippen molar-refractivity contribution in [3.63, 3.8) is 0 Å². The highest BCUT2D eigenvalue weighted by Gasteiger charge is 2.39. The Morgan fingerprint density at radius 1 is 0.365 bits per heavy atom. The third kappa shape index (κ3) is 5.64. The zero-order valence-corrected chi connectivity index (χ0v) is 35.5. The van der Waals surface area contributed by atoms with Crippen LogP contribution in [0.4, 0.5) is 17.1 Å². The van der Waals surface area contributed by atoms with Gasteiger partial charge in [-0.15, -0.1) is 0 Å². The van der Waals surface area contributed by atoms with E-state index in [4.69, 9.17) is 0 Å². The second kappa shape index (κ2) is 14.3. The van der Waals surface area contributed by atoms with Gasteiger partial charge in [0.2, 0.25) is 0 Å². The maximum Gasteiger partial charge on any atom is 0.0543 e. The van der Waals surface area contributed by atoms with Crippen LogP contribution in [0.2, 0.25) is 0 Å². The molecule has 0 saturated carbocycles. The number of anilines is 3. The summed E-state index contributed by atoms with van der Waals surface area (Å²) in [7, 11) is 0. The molecule has 0 unspecified atom stereocenters. The Kier molecular flexibility index (Phi) is 8.75. The second-order valence-corrected chi connectivity index (χ2v) is 18.1. The molecule has 0 aliphatic heterocycles. The van der Waals surface area contributed by atoms with E-state index >= 15 is 0 Å². The highest BCUT2D eigenvalue weighted by atomic mass is 15.1. The summed E-state index contributed by atoms with van der Waals surface area (Å²) in [6.45, 7) is 9.46. The van der Waals surface area contributed by atoms with Gasteiger partial charge >= 0.3 is 0 Å². The molecule has 2 aliphatic rings. The maximum absolute atomic E-state index is 2.53. The first-order valence-electron chi connectivity index (χ1n) is 21.9. The number of hydrogen-bond acceptors (Lipinski definition) is 1. The summed E-state index contributed by atoms with van der Waals surface area (Å²) >= 11 is 0. The molecule has 2 heteroatoms. The van der Waals surface area contributed by atoms with Crippen LogP contribution in [0.5, 0.6) is 0 Å². The molecule has 0 N–H and O–H groups in total. The van der Waals surface area contributed by atoms with Gasteiger partial charge in [0.15, 0.2) is 0 Å². The minimum Gasteiger partial charge on any atom is -0.309 e. The summed E-state index contributed by atoms with van der Waals surface area (Å²) < 4.78 is 2.39. The van der Waals surface area contributed by atoms with E-state index in [1.54, 1.807) is 0 Å². The predicted octanol–water partition coefficient (Wildman–Crippen LogP) is 16.8. The highest BCUT2D eigenvalue weighted by molar-refractivity contribution is 6.09. The molecule has 0 radical (unpaired) electrons. The molecule has 0 amide bonds. The van der Waals surface area contributed by atoms with Crippen LogP contribution in [-0.2, 0) is 10.8 Å². The van der Waals surface area contributed by atoms with Crippen LogP contribution in [0.25, 0.3) is 72.0 Å². The smallest absolute Gasteiger partial charge is 0.0543 e. The summed E-state index contributed by atoms with van der Waals surface area (Å²) in [5, 5.41) is 2.54. The molecule has 1 aromatic heterocycles. The van der Waals surface area contributed by atoms with Crippen molar-refractivity contribution < 1.29 is 0 Å². The summed E-state index contributed by atoms with van der Waals surface area (Å²) in [5.74, 6) is 0. The number of para-hydroxylation sites is 3. The minimum atomic E-state index is -0.137. The lowest BCUT2D eigenvalue weighted by Gasteiger charge is -2.31. The number of hydrogen-bond donors (Lipinski definition) is 0. The van der Waals surface area contributed by atoms with Gasteiger partial charge in [-0.05, 0) is 104 Å². The normalized spacial score (nSPS) is 13.8. The van der Waals surface area contributed by atoms with Gasteiger partial charge in [-0.25, -0.2) is 0 Å². The summed E-state index contributed by atoms with van der Waals surface area (Å²) in [6, 6.07) is 76.5. The number of aromatic nitrogens is 1. The molecule has 0 atom stereocenters. The van der Waals surface area contributed by atoms with Crippen molar-refractivity contribution in [1.29, 1.82) is 0 Å². The fraction of sp³-hybridized carbons (Fsp3) is 0.115. The van der Waals surface area contributed by atoms with E-state index < -0.39 is 0 Å². The lowest BCUT2D eigenvalue weighted by atomic mass is 9.82. The van der Waals surface area contributed by atoms with Gasteiger partial charge in [0.05, 0.1) is 22.4 Å². The second-order valence-electron chi connectivity index (χ2n) is 18.1. The molecule has 10 aromatic rings. The van der Waals surface area contributed by atoms with Crippen LogP contribution >= 0.6 is 0 Å². The van der Waals surface area contributed by atoms with Crippen molar-refractivity contribution in [3.8, 4) is 50.2 Å². The van der Waals surface area contributed by atoms with Crippen molar-refractivity contribution in [1.82, 2.24) is 4.57 Å². The van der Waals surface area contributed by atoms with Crippen LogP contribution in [-0.4, -0.2) is 4.57 Å². The van der Waals surface area contributed by atoms with E-state index in [-0.39, 0.29) is 18.3 Å². The predicted molar refractivity (Wildman–Crippen MR) is 268 cm³/mol. The number of benzene rings is 9. The van der Waals surface area contributed by atoms with Crippen molar-refractivity contribution in [2.24, 2.45) is 0 Å². The van der Waals surface area contributed by atoms with Crippen molar-refractivity contribution in [2.75, 3.05) is 4.90 Å². The standard InChI is InChI=1S/C60H46N2.CH4/c1-59(2)49-26-10-5-23-47(49)57-44(25-16-28-51(57)59)40-18-15-19-42(38-40)62(56-33-17-29-52-58(56)48-24-6-11-27-50(48)60(52,3)4)53-30-12-7-20-43(53)39-34-36-41(37-35-39)61-54-31-13-8-21-45(54)46-22-9-14-32-55(46)61;/h5-38H,1-4H3;1H4. The van der Waals surface area contributed by atoms with Gasteiger partial charge in [-0.2, -0.15) is 0 Å². The Morgan fingerprint density at radius 3 is 1.51 bits per heavy atom. The largest absolute Gasteiger partial charge is 0.309 e.